The highest BCUT2D eigenvalue weighted by atomic mass is 19.1. The molecule has 0 heterocycles. The number of carbonyl (C=O) groups excluding carboxylic acids is 1. The fraction of sp³-hybridized carbons (Fsp3) is 0.188. The fourth-order valence-corrected chi connectivity index (χ4v) is 1.92. The smallest absolute Gasteiger partial charge is 0.228 e. The summed E-state index contributed by atoms with van der Waals surface area (Å²) in [5.74, 6) is 0.560. The summed E-state index contributed by atoms with van der Waals surface area (Å²) in [5.41, 5.74) is 1.18. The number of carbonyl (C=O) groups is 1. The Kier molecular flexibility index (Phi) is 4.77. The van der Waals surface area contributed by atoms with Crippen LogP contribution in [0.3, 0.4) is 0 Å². The number of methoxy groups -OCH3 is 2. The van der Waals surface area contributed by atoms with E-state index in [4.69, 9.17) is 9.47 Å². The Morgan fingerprint density at radius 3 is 2.33 bits per heavy atom. The lowest BCUT2D eigenvalue weighted by Crippen LogP contribution is -2.14. The van der Waals surface area contributed by atoms with Gasteiger partial charge in [-0.15, -0.1) is 0 Å². The number of benzene rings is 2. The van der Waals surface area contributed by atoms with Crippen LogP contribution in [-0.4, -0.2) is 20.1 Å². The van der Waals surface area contributed by atoms with Crippen molar-refractivity contribution in [3.05, 3.63) is 53.8 Å². The van der Waals surface area contributed by atoms with Gasteiger partial charge in [0.05, 0.1) is 20.6 Å². The predicted molar refractivity (Wildman–Crippen MR) is 78.3 cm³/mol. The molecule has 0 radical (unpaired) electrons. The highest BCUT2D eigenvalue weighted by Gasteiger charge is 2.07. The van der Waals surface area contributed by atoms with Gasteiger partial charge < -0.3 is 14.8 Å². The molecule has 21 heavy (non-hydrogen) atoms. The Balaban J connectivity index is 2.08. The maximum absolute atomic E-state index is 13.1. The van der Waals surface area contributed by atoms with E-state index in [1.165, 1.54) is 26.4 Å². The average molecular weight is 289 g/mol. The maximum atomic E-state index is 13.1. The highest BCUT2D eigenvalue weighted by Crippen LogP contribution is 2.25. The van der Waals surface area contributed by atoms with Crippen molar-refractivity contribution >= 4 is 11.6 Å². The van der Waals surface area contributed by atoms with Crippen LogP contribution in [0.2, 0.25) is 0 Å². The van der Waals surface area contributed by atoms with Gasteiger partial charge >= 0.3 is 0 Å². The van der Waals surface area contributed by atoms with Crippen LogP contribution in [0.5, 0.6) is 11.5 Å². The Morgan fingerprint density at radius 1 is 1.10 bits per heavy atom. The van der Waals surface area contributed by atoms with Crippen molar-refractivity contribution in [2.24, 2.45) is 0 Å². The van der Waals surface area contributed by atoms with Gasteiger partial charge in [0, 0.05) is 23.9 Å². The molecule has 0 unspecified atom stereocenters. The molecule has 0 saturated carbocycles. The van der Waals surface area contributed by atoms with Gasteiger partial charge in [-0.1, -0.05) is 12.1 Å². The molecule has 2 aromatic carbocycles. The molecule has 4 nitrogen and oxygen atoms in total. The van der Waals surface area contributed by atoms with Crippen molar-refractivity contribution in [3.8, 4) is 11.5 Å². The van der Waals surface area contributed by atoms with Crippen LogP contribution in [0.4, 0.5) is 10.1 Å². The molecule has 0 aliphatic rings. The summed E-state index contributed by atoms with van der Waals surface area (Å²) >= 11 is 0. The summed E-state index contributed by atoms with van der Waals surface area (Å²) in [6.07, 6.45) is 0.0945. The highest BCUT2D eigenvalue weighted by molar-refractivity contribution is 5.92. The second kappa shape index (κ2) is 6.74. The van der Waals surface area contributed by atoms with Gasteiger partial charge in [-0.2, -0.15) is 0 Å². The molecule has 0 fully saturated rings. The first-order chi connectivity index (χ1) is 10.1. The number of anilines is 1. The molecule has 5 heteroatoms. The van der Waals surface area contributed by atoms with Crippen molar-refractivity contribution < 1.29 is 18.7 Å². The molecular weight excluding hydrogens is 273 g/mol. The second-order valence-electron chi connectivity index (χ2n) is 4.46. The number of halogens is 1. The molecule has 0 bridgehead atoms. The maximum Gasteiger partial charge on any atom is 0.228 e. The molecule has 0 aromatic heterocycles. The Hall–Kier alpha value is -2.56. The standard InChI is InChI=1S/C16H16FNO3/c1-20-14-8-13(9-15(10-14)21-2)18-16(19)7-11-4-3-5-12(17)6-11/h3-6,8-10H,7H2,1-2H3,(H,18,19). The number of amides is 1. The van der Waals surface area contributed by atoms with Gasteiger partial charge in [-0.3, -0.25) is 4.79 Å². The lowest BCUT2D eigenvalue weighted by molar-refractivity contribution is -0.115. The van der Waals surface area contributed by atoms with Gasteiger partial charge in [0.1, 0.15) is 17.3 Å². The van der Waals surface area contributed by atoms with Crippen LogP contribution >= 0.6 is 0 Å². The number of hydrogen-bond acceptors (Lipinski definition) is 3. The van der Waals surface area contributed by atoms with E-state index in [0.29, 0.717) is 22.7 Å². The van der Waals surface area contributed by atoms with Gasteiger partial charge in [-0.25, -0.2) is 4.39 Å². The van der Waals surface area contributed by atoms with Gasteiger partial charge in [0.25, 0.3) is 0 Å². The summed E-state index contributed by atoms with van der Waals surface area (Å²) in [4.78, 5) is 12.0. The molecule has 1 amide bonds. The fourth-order valence-electron chi connectivity index (χ4n) is 1.92. The molecule has 2 rings (SSSR count). The van der Waals surface area contributed by atoms with Gasteiger partial charge in [0.15, 0.2) is 0 Å². The van der Waals surface area contributed by atoms with E-state index < -0.39 is 0 Å². The summed E-state index contributed by atoms with van der Waals surface area (Å²) in [5, 5.41) is 2.74. The van der Waals surface area contributed by atoms with Crippen LogP contribution in [0.1, 0.15) is 5.56 Å². The first-order valence-corrected chi connectivity index (χ1v) is 6.38. The SMILES string of the molecule is COc1cc(NC(=O)Cc2cccc(F)c2)cc(OC)c1. The first kappa shape index (κ1) is 14.8. The third-order valence-corrected chi connectivity index (χ3v) is 2.89. The van der Waals surface area contributed by atoms with Crippen LogP contribution in [0, 0.1) is 5.82 Å². The third kappa shape index (κ3) is 4.21. The minimum atomic E-state index is -0.358. The largest absolute Gasteiger partial charge is 0.497 e. The van der Waals surface area contributed by atoms with Gasteiger partial charge in [-0.05, 0) is 17.7 Å². The third-order valence-electron chi connectivity index (χ3n) is 2.89. The van der Waals surface area contributed by atoms with Crippen molar-refractivity contribution in [2.45, 2.75) is 6.42 Å². The van der Waals surface area contributed by atoms with Crippen molar-refractivity contribution in [1.82, 2.24) is 0 Å². The lowest BCUT2D eigenvalue weighted by Gasteiger charge is -2.10. The number of nitrogens with one attached hydrogen (secondary N) is 1. The zero-order valence-corrected chi connectivity index (χ0v) is 11.9. The quantitative estimate of drug-likeness (QED) is 0.920. The zero-order valence-electron chi connectivity index (χ0n) is 11.9. The summed E-state index contributed by atoms with van der Waals surface area (Å²) in [6.45, 7) is 0. The van der Waals surface area contributed by atoms with E-state index in [0.717, 1.165) is 0 Å². The predicted octanol–water partition coefficient (Wildman–Crippen LogP) is 3.02. The summed E-state index contributed by atoms with van der Waals surface area (Å²) < 4.78 is 23.3. The van der Waals surface area contributed by atoms with Gasteiger partial charge in [0.2, 0.25) is 5.91 Å². The van der Waals surface area contributed by atoms with Crippen molar-refractivity contribution in [1.29, 1.82) is 0 Å². The Labute approximate surface area is 122 Å². The van der Waals surface area contributed by atoms with E-state index in [1.54, 1.807) is 30.3 Å². The average Bonchev–Trinajstić information content (AvgIpc) is 2.46. The molecule has 0 atom stereocenters. The summed E-state index contributed by atoms with van der Waals surface area (Å²) in [7, 11) is 3.07. The van der Waals surface area contributed by atoms with Crippen molar-refractivity contribution in [3.63, 3.8) is 0 Å². The van der Waals surface area contributed by atoms with Crippen LogP contribution in [-0.2, 0) is 11.2 Å². The molecule has 0 aliphatic carbocycles. The normalized spacial score (nSPS) is 10.0. The minimum Gasteiger partial charge on any atom is -0.497 e. The molecule has 2 aromatic rings. The Morgan fingerprint density at radius 2 is 1.76 bits per heavy atom. The van der Waals surface area contributed by atoms with Crippen molar-refractivity contribution in [2.75, 3.05) is 19.5 Å². The number of rotatable bonds is 5. The van der Waals surface area contributed by atoms with Crippen LogP contribution in [0.15, 0.2) is 42.5 Å². The first-order valence-electron chi connectivity index (χ1n) is 6.38. The number of ether oxygens (including phenoxy) is 2. The van der Waals surface area contributed by atoms with E-state index in [9.17, 15) is 9.18 Å². The molecule has 1 N–H and O–H groups in total. The van der Waals surface area contributed by atoms with E-state index in [2.05, 4.69) is 5.32 Å². The van der Waals surface area contributed by atoms with Crippen LogP contribution in [0.25, 0.3) is 0 Å². The molecule has 0 saturated heterocycles. The molecule has 0 aliphatic heterocycles. The topological polar surface area (TPSA) is 47.6 Å². The van der Waals surface area contributed by atoms with Crippen LogP contribution < -0.4 is 14.8 Å². The number of hydrogen-bond donors (Lipinski definition) is 1. The molecule has 0 spiro atoms. The summed E-state index contributed by atoms with van der Waals surface area (Å²) in [6, 6.07) is 11.0. The zero-order chi connectivity index (χ0) is 15.2. The molecule has 110 valence electrons. The lowest BCUT2D eigenvalue weighted by atomic mass is 10.1. The Bertz CT molecular complexity index is 621. The molecular formula is C16H16FNO3. The second-order valence-corrected chi connectivity index (χ2v) is 4.46. The minimum absolute atomic E-state index is 0.0945. The van der Waals surface area contributed by atoms with E-state index in [-0.39, 0.29) is 18.1 Å². The monoisotopic (exact) mass is 289 g/mol. The van der Waals surface area contributed by atoms with E-state index in [1.807, 2.05) is 0 Å². The van der Waals surface area contributed by atoms with E-state index >= 15 is 0 Å².